The van der Waals surface area contributed by atoms with Gasteiger partial charge in [0.15, 0.2) is 5.96 Å². The van der Waals surface area contributed by atoms with Crippen LogP contribution in [0, 0.1) is 5.92 Å². The third kappa shape index (κ3) is 7.41. The second kappa shape index (κ2) is 11.8. The molecule has 0 aromatic rings. The van der Waals surface area contributed by atoms with Gasteiger partial charge < -0.3 is 20.4 Å². The first kappa shape index (κ1) is 21.5. The third-order valence-corrected chi connectivity index (χ3v) is 5.92. The Morgan fingerprint density at radius 1 is 1.12 bits per heavy atom. The Labute approximate surface area is 161 Å². The number of guanidine groups is 1. The molecule has 2 atom stereocenters. The lowest BCUT2D eigenvalue weighted by Gasteiger charge is -2.35. The van der Waals surface area contributed by atoms with Gasteiger partial charge in [0.25, 0.3) is 0 Å². The van der Waals surface area contributed by atoms with Crippen molar-refractivity contribution >= 4 is 5.96 Å². The number of aliphatic imine (C=N–C) groups is 1. The summed E-state index contributed by atoms with van der Waals surface area (Å²) < 4.78 is 0. The SMILES string of the molecule is CCC1CCCCN1CCNC(=NC)NCC(C)CN1CCN(C)CC1. The Balaban J connectivity index is 1.61. The summed E-state index contributed by atoms with van der Waals surface area (Å²) in [6.07, 6.45) is 5.40. The van der Waals surface area contributed by atoms with E-state index in [0.29, 0.717) is 5.92 Å². The van der Waals surface area contributed by atoms with Gasteiger partial charge in [0, 0.05) is 65.4 Å². The van der Waals surface area contributed by atoms with E-state index in [-0.39, 0.29) is 0 Å². The number of hydrogen-bond acceptors (Lipinski definition) is 4. The number of nitrogens with zero attached hydrogens (tertiary/aromatic N) is 4. The second-order valence-electron chi connectivity index (χ2n) is 8.18. The van der Waals surface area contributed by atoms with Crippen molar-refractivity contribution < 1.29 is 0 Å². The van der Waals surface area contributed by atoms with Crippen LogP contribution in [0.5, 0.6) is 0 Å². The largest absolute Gasteiger partial charge is 0.356 e. The maximum absolute atomic E-state index is 4.39. The number of nitrogens with one attached hydrogen (secondary N) is 2. The molecule has 2 aliphatic heterocycles. The van der Waals surface area contributed by atoms with Crippen molar-refractivity contribution in [2.24, 2.45) is 10.9 Å². The number of piperazine rings is 1. The fourth-order valence-electron chi connectivity index (χ4n) is 4.16. The zero-order valence-corrected chi connectivity index (χ0v) is 17.6. The average molecular weight is 367 g/mol. The normalized spacial score (nSPS) is 25.2. The monoisotopic (exact) mass is 366 g/mol. The Kier molecular flexibility index (Phi) is 9.72. The lowest BCUT2D eigenvalue weighted by molar-refractivity contribution is 0.139. The molecule has 152 valence electrons. The summed E-state index contributed by atoms with van der Waals surface area (Å²) in [5, 5.41) is 7.02. The molecule has 0 aromatic heterocycles. The van der Waals surface area contributed by atoms with E-state index in [1.807, 2.05) is 7.05 Å². The van der Waals surface area contributed by atoms with Gasteiger partial charge in [0.05, 0.1) is 0 Å². The molecule has 2 fully saturated rings. The van der Waals surface area contributed by atoms with Gasteiger partial charge in [-0.3, -0.25) is 9.89 Å². The molecule has 6 nitrogen and oxygen atoms in total. The predicted molar refractivity (Wildman–Crippen MR) is 112 cm³/mol. The molecule has 0 radical (unpaired) electrons. The van der Waals surface area contributed by atoms with Crippen molar-refractivity contribution in [1.82, 2.24) is 25.3 Å². The molecule has 2 unspecified atom stereocenters. The number of hydrogen-bond donors (Lipinski definition) is 2. The van der Waals surface area contributed by atoms with Crippen LogP contribution in [0.4, 0.5) is 0 Å². The van der Waals surface area contributed by atoms with E-state index in [2.05, 4.69) is 51.2 Å². The quantitative estimate of drug-likeness (QED) is 0.501. The summed E-state index contributed by atoms with van der Waals surface area (Å²) in [7, 11) is 4.08. The highest BCUT2D eigenvalue weighted by molar-refractivity contribution is 5.79. The van der Waals surface area contributed by atoms with Gasteiger partial charge >= 0.3 is 0 Å². The molecular weight excluding hydrogens is 324 g/mol. The minimum absolute atomic E-state index is 0.628. The second-order valence-corrected chi connectivity index (χ2v) is 8.18. The van der Waals surface area contributed by atoms with Crippen molar-refractivity contribution in [2.75, 3.05) is 73.0 Å². The van der Waals surface area contributed by atoms with Gasteiger partial charge in [-0.15, -0.1) is 0 Å². The molecule has 2 N–H and O–H groups in total. The van der Waals surface area contributed by atoms with Crippen molar-refractivity contribution in [3.05, 3.63) is 0 Å². The van der Waals surface area contributed by atoms with Crippen LogP contribution in [-0.4, -0.2) is 99.7 Å². The van der Waals surface area contributed by atoms with E-state index in [0.717, 1.165) is 31.6 Å². The lowest BCUT2D eigenvalue weighted by Crippen LogP contribution is -2.48. The van der Waals surface area contributed by atoms with Crippen LogP contribution in [0.3, 0.4) is 0 Å². The molecule has 0 saturated carbocycles. The predicted octanol–water partition coefficient (Wildman–Crippen LogP) is 1.30. The van der Waals surface area contributed by atoms with Crippen LogP contribution in [0.25, 0.3) is 0 Å². The van der Waals surface area contributed by atoms with Crippen LogP contribution in [0.15, 0.2) is 4.99 Å². The van der Waals surface area contributed by atoms with Crippen molar-refractivity contribution in [3.8, 4) is 0 Å². The molecule has 2 saturated heterocycles. The highest BCUT2D eigenvalue weighted by Crippen LogP contribution is 2.18. The first-order valence-electron chi connectivity index (χ1n) is 10.7. The Morgan fingerprint density at radius 2 is 1.88 bits per heavy atom. The van der Waals surface area contributed by atoms with Crippen molar-refractivity contribution in [1.29, 1.82) is 0 Å². The summed E-state index contributed by atoms with van der Waals surface area (Å²) in [6, 6.07) is 0.782. The van der Waals surface area contributed by atoms with Crippen LogP contribution in [0.1, 0.15) is 39.5 Å². The van der Waals surface area contributed by atoms with Gasteiger partial charge in [-0.1, -0.05) is 20.3 Å². The standard InChI is InChI=1S/C20H42N6/c1-5-19-8-6-7-10-26(19)11-9-22-20(21-3)23-16-18(2)17-25-14-12-24(4)13-15-25/h18-19H,5-17H2,1-4H3,(H2,21,22,23). The molecule has 0 aromatic carbocycles. The van der Waals surface area contributed by atoms with E-state index < -0.39 is 0 Å². The number of likely N-dealkylation sites (N-methyl/N-ethyl adjacent to an activating group) is 1. The van der Waals surface area contributed by atoms with E-state index >= 15 is 0 Å². The van der Waals surface area contributed by atoms with E-state index in [1.165, 1.54) is 65.0 Å². The smallest absolute Gasteiger partial charge is 0.191 e. The Morgan fingerprint density at radius 3 is 2.58 bits per heavy atom. The number of rotatable bonds is 8. The maximum Gasteiger partial charge on any atom is 0.191 e. The first-order valence-corrected chi connectivity index (χ1v) is 10.7. The molecule has 6 heteroatoms. The van der Waals surface area contributed by atoms with E-state index in [1.54, 1.807) is 0 Å². The molecule has 2 rings (SSSR count). The summed E-state index contributed by atoms with van der Waals surface area (Å²) in [6.45, 7) is 14.9. The topological polar surface area (TPSA) is 46.1 Å². The zero-order valence-electron chi connectivity index (χ0n) is 17.6. The van der Waals surface area contributed by atoms with Crippen LogP contribution in [0.2, 0.25) is 0 Å². The molecule has 2 heterocycles. The van der Waals surface area contributed by atoms with Gasteiger partial charge in [-0.25, -0.2) is 0 Å². The van der Waals surface area contributed by atoms with Crippen molar-refractivity contribution in [2.45, 2.75) is 45.6 Å². The molecule has 0 amide bonds. The minimum atomic E-state index is 0.628. The highest BCUT2D eigenvalue weighted by atomic mass is 15.3. The Hall–Kier alpha value is -0.850. The first-order chi connectivity index (χ1) is 12.6. The van der Waals surface area contributed by atoms with Crippen LogP contribution in [-0.2, 0) is 0 Å². The van der Waals surface area contributed by atoms with Crippen molar-refractivity contribution in [3.63, 3.8) is 0 Å². The molecular formula is C20H42N6. The van der Waals surface area contributed by atoms with Gasteiger partial charge in [-0.05, 0) is 38.8 Å². The molecule has 26 heavy (non-hydrogen) atoms. The van der Waals surface area contributed by atoms with E-state index in [4.69, 9.17) is 0 Å². The zero-order chi connectivity index (χ0) is 18.8. The van der Waals surface area contributed by atoms with Gasteiger partial charge in [0.2, 0.25) is 0 Å². The van der Waals surface area contributed by atoms with Crippen LogP contribution >= 0.6 is 0 Å². The summed E-state index contributed by atoms with van der Waals surface area (Å²) in [5.74, 6) is 1.57. The highest BCUT2D eigenvalue weighted by Gasteiger charge is 2.20. The fourth-order valence-corrected chi connectivity index (χ4v) is 4.16. The number of likely N-dealkylation sites (tertiary alicyclic amines) is 1. The molecule has 0 bridgehead atoms. The fraction of sp³-hybridized carbons (Fsp3) is 0.950. The average Bonchev–Trinajstić information content (AvgIpc) is 2.66. The Bertz CT molecular complexity index is 405. The van der Waals surface area contributed by atoms with Gasteiger partial charge in [0.1, 0.15) is 0 Å². The third-order valence-electron chi connectivity index (χ3n) is 5.92. The summed E-state index contributed by atoms with van der Waals surface area (Å²) >= 11 is 0. The van der Waals surface area contributed by atoms with Gasteiger partial charge in [-0.2, -0.15) is 0 Å². The maximum atomic E-state index is 4.39. The minimum Gasteiger partial charge on any atom is -0.356 e. The molecule has 0 spiro atoms. The van der Waals surface area contributed by atoms with Crippen LogP contribution < -0.4 is 10.6 Å². The lowest BCUT2D eigenvalue weighted by atomic mass is 10.0. The molecule has 2 aliphatic rings. The molecule has 0 aliphatic carbocycles. The number of piperidine rings is 1. The summed E-state index contributed by atoms with van der Waals surface area (Å²) in [4.78, 5) is 12.0. The van der Waals surface area contributed by atoms with E-state index in [9.17, 15) is 0 Å². The summed E-state index contributed by atoms with van der Waals surface area (Å²) in [5.41, 5.74) is 0.